The van der Waals surface area contributed by atoms with Crippen LogP contribution in [0, 0.1) is 14.9 Å². The topological polar surface area (TPSA) is 109 Å². The highest BCUT2D eigenvalue weighted by atomic mass is 127. The van der Waals surface area contributed by atoms with E-state index in [1.807, 2.05) is 59.0 Å². The maximum atomic E-state index is 12.3. The fraction of sp³-hybridized carbons (Fsp3) is 0.190. The van der Waals surface area contributed by atoms with E-state index in [2.05, 4.69) is 5.32 Å². The lowest BCUT2D eigenvalue weighted by Gasteiger charge is -2.12. The third kappa shape index (κ3) is 6.80. The lowest BCUT2D eigenvalue weighted by atomic mass is 10.1. The van der Waals surface area contributed by atoms with Gasteiger partial charge in [-0.1, -0.05) is 30.3 Å². The van der Waals surface area contributed by atoms with E-state index in [1.54, 1.807) is 12.1 Å². The minimum atomic E-state index is -1.11. The summed E-state index contributed by atoms with van der Waals surface area (Å²) in [6.45, 7) is -0.0977. The number of amides is 1. The number of carbonyl (C=O) groups is 2. The lowest BCUT2D eigenvalue weighted by Crippen LogP contribution is -2.26. The van der Waals surface area contributed by atoms with E-state index in [0.29, 0.717) is 33.6 Å². The molecule has 0 aliphatic carbocycles. The van der Waals surface area contributed by atoms with Gasteiger partial charge >= 0.3 is 5.97 Å². The number of hydrogen-bond donors (Lipinski definition) is 2. The van der Waals surface area contributed by atoms with Crippen LogP contribution in [0.2, 0.25) is 0 Å². The van der Waals surface area contributed by atoms with E-state index in [0.717, 1.165) is 5.56 Å². The monoisotopic (exact) mass is 506 g/mol. The molecule has 0 bridgehead atoms. The predicted molar refractivity (Wildman–Crippen MR) is 116 cm³/mol. The Balaban J connectivity index is 2.12. The second kappa shape index (κ2) is 11.1. The van der Waals surface area contributed by atoms with Gasteiger partial charge in [0.2, 0.25) is 0 Å². The maximum absolute atomic E-state index is 12.3. The van der Waals surface area contributed by atoms with Crippen molar-refractivity contribution in [1.29, 1.82) is 5.26 Å². The van der Waals surface area contributed by atoms with Gasteiger partial charge in [-0.25, -0.2) is 4.79 Å². The van der Waals surface area contributed by atoms with E-state index in [-0.39, 0.29) is 5.57 Å². The van der Waals surface area contributed by atoms with Crippen LogP contribution in [0.5, 0.6) is 11.5 Å². The number of carboxylic acid groups (broad SMARTS) is 1. The number of carbonyl (C=O) groups excluding carboxylic acids is 1. The first-order chi connectivity index (χ1) is 13.9. The average molecular weight is 506 g/mol. The van der Waals surface area contributed by atoms with Gasteiger partial charge in [0.1, 0.15) is 11.6 Å². The Morgan fingerprint density at radius 2 is 2.00 bits per heavy atom. The molecule has 0 heterocycles. The largest absolute Gasteiger partial charge is 0.493 e. The molecule has 0 aliphatic rings. The van der Waals surface area contributed by atoms with Crippen molar-refractivity contribution in [1.82, 2.24) is 5.32 Å². The first-order valence-corrected chi connectivity index (χ1v) is 9.68. The van der Waals surface area contributed by atoms with Gasteiger partial charge < -0.3 is 19.9 Å². The molecule has 0 unspecified atom stereocenters. The number of aliphatic carboxylic acids is 1. The summed E-state index contributed by atoms with van der Waals surface area (Å²) in [7, 11) is 1.42. The predicted octanol–water partition coefficient (Wildman–Crippen LogP) is 3.03. The second-order valence-electron chi connectivity index (χ2n) is 5.88. The Bertz CT molecular complexity index is 952. The maximum Gasteiger partial charge on any atom is 0.341 e. The normalized spacial score (nSPS) is 10.7. The van der Waals surface area contributed by atoms with E-state index < -0.39 is 18.5 Å². The SMILES string of the molecule is COc1cc(/C=C(\C#N)C(=O)NCCc2ccccc2)cc(I)c1OCC(=O)O. The summed E-state index contributed by atoms with van der Waals surface area (Å²) in [4.78, 5) is 23.1. The molecule has 0 fully saturated rings. The van der Waals surface area contributed by atoms with Crippen LogP contribution < -0.4 is 14.8 Å². The summed E-state index contributed by atoms with van der Waals surface area (Å²) < 4.78 is 11.1. The van der Waals surface area contributed by atoms with Crippen molar-refractivity contribution in [2.24, 2.45) is 0 Å². The van der Waals surface area contributed by atoms with Crippen LogP contribution in [0.15, 0.2) is 48.0 Å². The zero-order chi connectivity index (χ0) is 21.2. The fourth-order valence-electron chi connectivity index (χ4n) is 2.47. The fourth-order valence-corrected chi connectivity index (χ4v) is 3.25. The molecular weight excluding hydrogens is 487 g/mol. The molecule has 8 heteroatoms. The zero-order valence-corrected chi connectivity index (χ0v) is 17.8. The molecule has 2 rings (SSSR count). The molecule has 2 aromatic carbocycles. The van der Waals surface area contributed by atoms with E-state index in [9.17, 15) is 14.9 Å². The molecule has 0 saturated heterocycles. The average Bonchev–Trinajstić information content (AvgIpc) is 2.71. The van der Waals surface area contributed by atoms with E-state index in [4.69, 9.17) is 14.6 Å². The van der Waals surface area contributed by atoms with Gasteiger partial charge in [-0.05, 0) is 58.3 Å². The number of nitriles is 1. The molecule has 0 aromatic heterocycles. The summed E-state index contributed by atoms with van der Waals surface area (Å²) in [5, 5.41) is 20.9. The number of nitrogens with zero attached hydrogens (tertiary/aromatic N) is 1. The number of methoxy groups -OCH3 is 1. The van der Waals surface area contributed by atoms with Crippen LogP contribution in [0.3, 0.4) is 0 Å². The van der Waals surface area contributed by atoms with Crippen LogP contribution in [-0.2, 0) is 16.0 Å². The lowest BCUT2D eigenvalue weighted by molar-refractivity contribution is -0.139. The summed E-state index contributed by atoms with van der Waals surface area (Å²) in [6.07, 6.45) is 2.11. The third-order valence-corrected chi connectivity index (χ3v) is 4.61. The van der Waals surface area contributed by atoms with Gasteiger partial charge in [0.05, 0.1) is 10.7 Å². The van der Waals surface area contributed by atoms with Gasteiger partial charge in [0, 0.05) is 6.54 Å². The Hall–Kier alpha value is -3.06. The van der Waals surface area contributed by atoms with Gasteiger partial charge in [-0.2, -0.15) is 5.26 Å². The smallest absolute Gasteiger partial charge is 0.341 e. The minimum absolute atomic E-state index is 0.0462. The van der Waals surface area contributed by atoms with Gasteiger partial charge in [-0.15, -0.1) is 0 Å². The Labute approximate surface area is 182 Å². The number of benzene rings is 2. The second-order valence-corrected chi connectivity index (χ2v) is 7.04. The van der Waals surface area contributed by atoms with Crippen LogP contribution in [0.25, 0.3) is 6.08 Å². The van der Waals surface area contributed by atoms with Crippen molar-refractivity contribution < 1.29 is 24.2 Å². The van der Waals surface area contributed by atoms with Crippen molar-refractivity contribution >= 4 is 40.5 Å². The van der Waals surface area contributed by atoms with Gasteiger partial charge in [0.25, 0.3) is 5.91 Å². The van der Waals surface area contributed by atoms with Crippen molar-refractivity contribution in [3.63, 3.8) is 0 Å². The van der Waals surface area contributed by atoms with Crippen molar-refractivity contribution in [2.45, 2.75) is 6.42 Å². The van der Waals surface area contributed by atoms with E-state index >= 15 is 0 Å². The van der Waals surface area contributed by atoms with Crippen LogP contribution >= 0.6 is 22.6 Å². The van der Waals surface area contributed by atoms with Crippen molar-refractivity contribution in [2.75, 3.05) is 20.3 Å². The summed E-state index contributed by atoms with van der Waals surface area (Å²) in [5.74, 6) is -0.973. The third-order valence-electron chi connectivity index (χ3n) is 3.81. The molecule has 0 atom stereocenters. The number of hydrogen-bond acceptors (Lipinski definition) is 5. The van der Waals surface area contributed by atoms with Gasteiger partial charge in [0.15, 0.2) is 18.1 Å². The molecule has 1 amide bonds. The molecule has 7 nitrogen and oxygen atoms in total. The van der Waals surface area contributed by atoms with Crippen LogP contribution in [-0.4, -0.2) is 37.2 Å². The quantitative estimate of drug-likeness (QED) is 0.308. The van der Waals surface area contributed by atoms with E-state index in [1.165, 1.54) is 13.2 Å². The first kappa shape index (κ1) is 22.2. The standard InChI is InChI=1S/C21H19IN2O5/c1-28-18-11-15(10-17(22)20(18)29-13-19(25)26)9-16(12-23)21(27)24-8-7-14-5-3-2-4-6-14/h2-6,9-11H,7-8,13H2,1H3,(H,24,27)(H,25,26)/b16-9+. The first-order valence-electron chi connectivity index (χ1n) is 8.60. The highest BCUT2D eigenvalue weighted by molar-refractivity contribution is 14.1. The Morgan fingerprint density at radius 1 is 1.28 bits per heavy atom. The molecule has 2 aromatic rings. The number of halogens is 1. The highest BCUT2D eigenvalue weighted by Crippen LogP contribution is 2.34. The van der Waals surface area contributed by atoms with Crippen molar-refractivity contribution in [3.05, 3.63) is 62.7 Å². The summed E-state index contributed by atoms with van der Waals surface area (Å²) >= 11 is 1.98. The van der Waals surface area contributed by atoms with Gasteiger partial charge in [-0.3, -0.25) is 4.79 Å². The summed E-state index contributed by atoms with van der Waals surface area (Å²) in [5.41, 5.74) is 1.60. The minimum Gasteiger partial charge on any atom is -0.493 e. The van der Waals surface area contributed by atoms with Crippen LogP contribution in [0.1, 0.15) is 11.1 Å². The zero-order valence-electron chi connectivity index (χ0n) is 15.6. The number of ether oxygens (including phenoxy) is 2. The Morgan fingerprint density at radius 3 is 2.62 bits per heavy atom. The number of carboxylic acids is 1. The molecule has 0 radical (unpaired) electrons. The summed E-state index contributed by atoms with van der Waals surface area (Å²) in [6, 6.07) is 14.9. The van der Waals surface area contributed by atoms with Crippen LogP contribution in [0.4, 0.5) is 0 Å². The highest BCUT2D eigenvalue weighted by Gasteiger charge is 2.14. The molecule has 0 saturated carbocycles. The number of nitrogens with one attached hydrogen (secondary N) is 1. The molecular formula is C21H19IN2O5. The molecule has 0 aliphatic heterocycles. The molecule has 0 spiro atoms. The molecule has 150 valence electrons. The molecule has 2 N–H and O–H groups in total. The number of rotatable bonds is 9. The Kier molecular flexibility index (Phi) is 8.48. The molecule has 29 heavy (non-hydrogen) atoms. The van der Waals surface area contributed by atoms with Crippen molar-refractivity contribution in [3.8, 4) is 17.6 Å².